The van der Waals surface area contributed by atoms with E-state index in [0.29, 0.717) is 11.1 Å². The average Bonchev–Trinajstić information content (AvgIpc) is 2.23. The van der Waals surface area contributed by atoms with Crippen molar-refractivity contribution >= 4 is 14.8 Å². The SMILES string of the molecule is Cc1cc(C)cc(C(CC(=O)P)(C[N+](=O)[O-])C(F)(F)F)c1. The molecule has 0 aromatic heterocycles. The van der Waals surface area contributed by atoms with Crippen molar-refractivity contribution in [2.75, 3.05) is 6.54 Å². The molecule has 0 aliphatic rings. The third kappa shape index (κ3) is 4.00. The first-order valence-corrected chi connectivity index (χ1v) is 6.61. The normalized spacial score (nSPS) is 14.6. The van der Waals surface area contributed by atoms with Gasteiger partial charge in [-0.25, -0.2) is 0 Å². The van der Waals surface area contributed by atoms with Crippen LogP contribution in [0.15, 0.2) is 18.2 Å². The number of halogens is 3. The third-order valence-corrected chi connectivity index (χ3v) is 3.40. The van der Waals surface area contributed by atoms with Crippen LogP contribution in [0, 0.1) is 24.0 Å². The van der Waals surface area contributed by atoms with E-state index in [4.69, 9.17) is 0 Å². The van der Waals surface area contributed by atoms with Crippen molar-refractivity contribution in [3.8, 4) is 0 Å². The number of aryl methyl sites for hydroxylation is 2. The number of hydrogen-bond acceptors (Lipinski definition) is 3. The van der Waals surface area contributed by atoms with Gasteiger partial charge < -0.3 is 0 Å². The van der Waals surface area contributed by atoms with E-state index < -0.39 is 35.0 Å². The van der Waals surface area contributed by atoms with Crippen molar-refractivity contribution < 1.29 is 22.9 Å². The van der Waals surface area contributed by atoms with Crippen LogP contribution in [-0.2, 0) is 10.2 Å². The molecule has 116 valence electrons. The van der Waals surface area contributed by atoms with Crippen molar-refractivity contribution in [2.45, 2.75) is 31.9 Å². The van der Waals surface area contributed by atoms with E-state index in [1.54, 1.807) is 29.2 Å². The second-order valence-corrected chi connectivity index (χ2v) is 5.73. The topological polar surface area (TPSA) is 60.2 Å². The number of benzene rings is 1. The number of carbonyl (C=O) groups excluding carboxylic acids is 1. The molecular weight excluding hydrogens is 306 g/mol. The van der Waals surface area contributed by atoms with Crippen LogP contribution < -0.4 is 0 Å². The molecule has 0 aliphatic heterocycles. The maximum atomic E-state index is 13.6. The minimum absolute atomic E-state index is 0.250. The zero-order chi connectivity index (χ0) is 16.4. The van der Waals surface area contributed by atoms with Gasteiger partial charge in [-0.2, -0.15) is 13.2 Å². The lowest BCUT2D eigenvalue weighted by atomic mass is 9.76. The molecule has 0 radical (unpaired) electrons. The van der Waals surface area contributed by atoms with E-state index in [-0.39, 0.29) is 5.56 Å². The number of nitrogens with zero attached hydrogens (tertiary/aromatic N) is 1. The zero-order valence-electron chi connectivity index (χ0n) is 11.5. The van der Waals surface area contributed by atoms with Gasteiger partial charge >= 0.3 is 6.18 Å². The minimum atomic E-state index is -4.91. The number of hydrogen-bond donors (Lipinski definition) is 0. The van der Waals surface area contributed by atoms with Crippen molar-refractivity contribution in [3.05, 3.63) is 45.0 Å². The van der Waals surface area contributed by atoms with Gasteiger partial charge in [0.1, 0.15) is 5.52 Å². The molecule has 0 saturated carbocycles. The lowest BCUT2D eigenvalue weighted by molar-refractivity contribution is -0.501. The van der Waals surface area contributed by atoms with Gasteiger partial charge in [0.2, 0.25) is 6.54 Å². The maximum absolute atomic E-state index is 13.6. The molecule has 2 unspecified atom stereocenters. The number of carbonyl (C=O) groups is 1. The molecule has 0 fully saturated rings. The predicted octanol–water partition coefficient (Wildman–Crippen LogP) is 3.17. The fourth-order valence-corrected chi connectivity index (χ4v) is 2.72. The monoisotopic (exact) mass is 321 g/mol. The summed E-state index contributed by atoms with van der Waals surface area (Å²) >= 11 is 0. The summed E-state index contributed by atoms with van der Waals surface area (Å²) in [6.07, 6.45) is -5.89. The highest BCUT2D eigenvalue weighted by Crippen LogP contribution is 2.45. The van der Waals surface area contributed by atoms with E-state index in [9.17, 15) is 28.1 Å². The molecule has 8 heteroatoms. The Morgan fingerprint density at radius 3 is 2.05 bits per heavy atom. The molecule has 0 N–H and O–H groups in total. The molecule has 1 aromatic carbocycles. The van der Waals surface area contributed by atoms with Crippen LogP contribution in [0.5, 0.6) is 0 Å². The van der Waals surface area contributed by atoms with Crippen LogP contribution >= 0.6 is 9.24 Å². The number of nitro groups is 1. The van der Waals surface area contributed by atoms with Crippen molar-refractivity contribution in [3.63, 3.8) is 0 Å². The van der Waals surface area contributed by atoms with E-state index in [0.717, 1.165) is 0 Å². The molecule has 0 saturated heterocycles. The Kier molecular flexibility index (Phi) is 5.10. The van der Waals surface area contributed by atoms with Crippen LogP contribution in [0.3, 0.4) is 0 Å². The molecule has 2 atom stereocenters. The van der Waals surface area contributed by atoms with Gasteiger partial charge in [0, 0.05) is 11.3 Å². The van der Waals surface area contributed by atoms with Gasteiger partial charge in [-0.05, 0) is 19.4 Å². The number of rotatable bonds is 5. The fourth-order valence-electron chi connectivity index (χ4n) is 2.37. The second kappa shape index (κ2) is 6.10. The van der Waals surface area contributed by atoms with Crippen LogP contribution in [0.25, 0.3) is 0 Å². The molecule has 1 aromatic rings. The second-order valence-electron chi connectivity index (χ2n) is 5.09. The Hall–Kier alpha value is -1.49. The Balaban J connectivity index is 3.60. The fraction of sp³-hybridized carbons (Fsp3) is 0.462. The zero-order valence-corrected chi connectivity index (χ0v) is 12.7. The molecule has 0 aliphatic carbocycles. The smallest absolute Gasteiger partial charge is 0.295 e. The largest absolute Gasteiger partial charge is 0.405 e. The molecule has 0 spiro atoms. The summed E-state index contributed by atoms with van der Waals surface area (Å²) in [5.74, 6) is 0. The molecule has 1 rings (SSSR count). The average molecular weight is 321 g/mol. The van der Waals surface area contributed by atoms with Gasteiger partial charge in [-0.15, -0.1) is 0 Å². The quantitative estimate of drug-likeness (QED) is 0.475. The van der Waals surface area contributed by atoms with Crippen LogP contribution in [0.1, 0.15) is 23.1 Å². The minimum Gasteiger partial charge on any atom is -0.295 e. The highest BCUT2D eigenvalue weighted by Gasteiger charge is 2.60. The van der Waals surface area contributed by atoms with Crippen LogP contribution in [0.4, 0.5) is 13.2 Å². The van der Waals surface area contributed by atoms with E-state index >= 15 is 0 Å². The summed E-state index contributed by atoms with van der Waals surface area (Å²) in [7, 11) is 1.65. The van der Waals surface area contributed by atoms with Crippen LogP contribution in [0.2, 0.25) is 0 Å². The van der Waals surface area contributed by atoms with E-state index in [1.807, 2.05) is 0 Å². The number of alkyl halides is 3. The van der Waals surface area contributed by atoms with E-state index in [2.05, 4.69) is 0 Å². The third-order valence-electron chi connectivity index (χ3n) is 3.19. The summed E-state index contributed by atoms with van der Waals surface area (Å²) in [5.41, 5.74) is -2.78. The molecule has 0 heterocycles. The summed E-state index contributed by atoms with van der Waals surface area (Å²) in [5, 5.41) is 10.8. The summed E-state index contributed by atoms with van der Waals surface area (Å²) in [6.45, 7) is 1.83. The van der Waals surface area contributed by atoms with E-state index in [1.165, 1.54) is 12.1 Å². The highest BCUT2D eigenvalue weighted by atomic mass is 31.0. The van der Waals surface area contributed by atoms with Crippen molar-refractivity contribution in [1.29, 1.82) is 0 Å². The first-order valence-electron chi connectivity index (χ1n) is 6.03. The molecule has 0 bridgehead atoms. The van der Waals surface area contributed by atoms with Gasteiger partial charge in [-0.1, -0.05) is 38.6 Å². The van der Waals surface area contributed by atoms with Crippen LogP contribution in [-0.4, -0.2) is 23.2 Å². The molecule has 0 amide bonds. The first-order chi connectivity index (χ1) is 9.48. The Morgan fingerprint density at radius 1 is 1.24 bits per heavy atom. The molecule has 21 heavy (non-hydrogen) atoms. The Bertz CT molecular complexity index is 536. The lowest BCUT2D eigenvalue weighted by Gasteiger charge is -2.32. The summed E-state index contributed by atoms with van der Waals surface area (Å²) < 4.78 is 40.7. The predicted molar refractivity (Wildman–Crippen MR) is 74.8 cm³/mol. The molecule has 4 nitrogen and oxygen atoms in total. The van der Waals surface area contributed by atoms with Gasteiger partial charge in [-0.3, -0.25) is 14.9 Å². The van der Waals surface area contributed by atoms with Crippen molar-refractivity contribution in [2.24, 2.45) is 0 Å². The van der Waals surface area contributed by atoms with Gasteiger partial charge in [0.25, 0.3) is 0 Å². The Labute approximate surface area is 122 Å². The highest BCUT2D eigenvalue weighted by molar-refractivity contribution is 7.40. The Morgan fingerprint density at radius 2 is 1.71 bits per heavy atom. The van der Waals surface area contributed by atoms with Gasteiger partial charge in [0.05, 0.1) is 0 Å². The standard InChI is InChI=1S/C13H15F3NO3P/c1-8-3-9(2)5-10(4-8)12(6-11(18)21,7-17(19)20)13(14,15)16/h3-5H,6-7,21H2,1-2H3. The maximum Gasteiger partial charge on any atom is 0.405 e. The summed E-state index contributed by atoms with van der Waals surface area (Å²) in [6, 6.07) is 4.16. The summed E-state index contributed by atoms with van der Waals surface area (Å²) in [4.78, 5) is 21.0. The van der Waals surface area contributed by atoms with Crippen molar-refractivity contribution in [1.82, 2.24) is 0 Å². The van der Waals surface area contributed by atoms with Gasteiger partial charge in [0.15, 0.2) is 5.41 Å². The first kappa shape index (κ1) is 17.6. The lowest BCUT2D eigenvalue weighted by Crippen LogP contribution is -2.49. The molecular formula is C13H15F3NO3P.